The average molecular weight is 473 g/mol. The molecule has 1 atom stereocenters. The fourth-order valence-electron chi connectivity index (χ4n) is 3.19. The Morgan fingerprint density at radius 2 is 1.79 bits per heavy atom. The summed E-state index contributed by atoms with van der Waals surface area (Å²) in [5, 5.41) is 12.2. The third-order valence-electron chi connectivity index (χ3n) is 4.76. The summed E-state index contributed by atoms with van der Waals surface area (Å²) in [5.41, 5.74) is 0.835. The number of nitrogens with one attached hydrogen (secondary N) is 1. The van der Waals surface area contributed by atoms with Gasteiger partial charge in [0, 0.05) is 13.1 Å². The zero-order chi connectivity index (χ0) is 23.8. The van der Waals surface area contributed by atoms with E-state index in [4.69, 9.17) is 9.47 Å². The van der Waals surface area contributed by atoms with E-state index in [1.165, 1.54) is 23.9 Å². The van der Waals surface area contributed by atoms with Crippen molar-refractivity contribution in [3.63, 3.8) is 0 Å². The molecule has 176 valence electrons. The molecule has 0 bridgehead atoms. The van der Waals surface area contributed by atoms with Gasteiger partial charge in [-0.2, -0.15) is 0 Å². The van der Waals surface area contributed by atoms with Crippen LogP contribution in [0.3, 0.4) is 0 Å². The van der Waals surface area contributed by atoms with Crippen LogP contribution < -0.4 is 14.8 Å². The van der Waals surface area contributed by atoms with Crippen molar-refractivity contribution in [2.75, 3.05) is 12.9 Å². The van der Waals surface area contributed by atoms with Crippen LogP contribution in [0, 0.1) is 11.7 Å². The van der Waals surface area contributed by atoms with Crippen LogP contribution >= 0.6 is 11.8 Å². The molecule has 3 aromatic rings. The van der Waals surface area contributed by atoms with Crippen LogP contribution in [0.15, 0.2) is 53.7 Å². The maximum atomic E-state index is 13.0. The van der Waals surface area contributed by atoms with Gasteiger partial charge >= 0.3 is 0 Å². The smallest absolute Gasteiger partial charge is 0.230 e. The standard InChI is InChI=1S/C24H29FN4O3S/c1-16(2)14-29-23(17(3)32-21-8-6-5-7-20(21)31-4)27-28-24(29)33-15-22(30)26-13-18-9-11-19(25)12-10-18/h5-12,16-17H,13-15H2,1-4H3,(H,26,30). The Bertz CT molecular complexity index is 1060. The summed E-state index contributed by atoms with van der Waals surface area (Å²) < 4.78 is 26.5. The molecule has 1 aromatic heterocycles. The molecule has 9 heteroatoms. The molecule has 2 aromatic carbocycles. The molecule has 3 rings (SSSR count). The number of nitrogens with zero attached hydrogens (tertiary/aromatic N) is 3. The quantitative estimate of drug-likeness (QED) is 0.410. The molecule has 1 amide bonds. The fraction of sp³-hybridized carbons (Fsp3) is 0.375. The Morgan fingerprint density at radius 3 is 2.45 bits per heavy atom. The second-order valence-electron chi connectivity index (χ2n) is 7.95. The lowest BCUT2D eigenvalue weighted by molar-refractivity contribution is -0.118. The van der Waals surface area contributed by atoms with E-state index in [0.29, 0.717) is 41.5 Å². The molecule has 0 aliphatic heterocycles. The number of para-hydroxylation sites is 2. The molecule has 0 spiro atoms. The van der Waals surface area contributed by atoms with Crippen molar-refractivity contribution in [3.8, 4) is 11.5 Å². The normalized spacial score (nSPS) is 11.9. The Hall–Kier alpha value is -3.07. The molecule has 0 fully saturated rings. The lowest BCUT2D eigenvalue weighted by Crippen LogP contribution is -2.25. The number of hydrogen-bond acceptors (Lipinski definition) is 6. The number of carbonyl (C=O) groups excluding carboxylic acids is 1. The Morgan fingerprint density at radius 1 is 1.09 bits per heavy atom. The lowest BCUT2D eigenvalue weighted by atomic mass is 10.2. The van der Waals surface area contributed by atoms with Crippen molar-refractivity contribution in [1.82, 2.24) is 20.1 Å². The maximum absolute atomic E-state index is 13.0. The van der Waals surface area contributed by atoms with E-state index >= 15 is 0 Å². The largest absolute Gasteiger partial charge is 0.493 e. The van der Waals surface area contributed by atoms with Gasteiger partial charge in [0.05, 0.1) is 12.9 Å². The van der Waals surface area contributed by atoms with Gasteiger partial charge in [0.2, 0.25) is 5.91 Å². The molecule has 7 nitrogen and oxygen atoms in total. The summed E-state index contributed by atoms with van der Waals surface area (Å²) in [4.78, 5) is 12.3. The van der Waals surface area contributed by atoms with Crippen LogP contribution in [-0.4, -0.2) is 33.5 Å². The van der Waals surface area contributed by atoms with Gasteiger partial charge in [0.1, 0.15) is 5.82 Å². The molecule has 0 saturated carbocycles. The molecule has 0 aliphatic carbocycles. The highest BCUT2D eigenvalue weighted by atomic mass is 32.2. The van der Waals surface area contributed by atoms with Gasteiger partial charge in [-0.25, -0.2) is 4.39 Å². The first-order chi connectivity index (χ1) is 15.9. The Balaban J connectivity index is 1.65. The molecular formula is C24H29FN4O3S. The number of thioether (sulfide) groups is 1. The number of carbonyl (C=O) groups is 1. The number of halogens is 1. The molecule has 0 radical (unpaired) electrons. The van der Waals surface area contributed by atoms with Crippen LogP contribution in [0.5, 0.6) is 11.5 Å². The minimum atomic E-state index is -0.366. The van der Waals surface area contributed by atoms with E-state index in [1.54, 1.807) is 19.2 Å². The lowest BCUT2D eigenvalue weighted by Gasteiger charge is -2.19. The van der Waals surface area contributed by atoms with Crippen molar-refractivity contribution >= 4 is 17.7 Å². The third-order valence-corrected chi connectivity index (χ3v) is 5.73. The number of benzene rings is 2. The topological polar surface area (TPSA) is 78.3 Å². The molecule has 1 unspecified atom stereocenters. The minimum Gasteiger partial charge on any atom is -0.493 e. The number of ether oxygens (including phenoxy) is 2. The minimum absolute atomic E-state index is 0.136. The van der Waals surface area contributed by atoms with Gasteiger partial charge in [-0.3, -0.25) is 4.79 Å². The zero-order valence-corrected chi connectivity index (χ0v) is 20.1. The summed E-state index contributed by atoms with van der Waals surface area (Å²) in [6, 6.07) is 13.5. The summed E-state index contributed by atoms with van der Waals surface area (Å²) in [7, 11) is 1.60. The first-order valence-corrected chi connectivity index (χ1v) is 11.7. The van der Waals surface area contributed by atoms with Gasteiger partial charge in [-0.05, 0) is 42.7 Å². The van der Waals surface area contributed by atoms with Crippen LogP contribution in [0.2, 0.25) is 0 Å². The van der Waals surface area contributed by atoms with E-state index in [2.05, 4.69) is 29.4 Å². The van der Waals surface area contributed by atoms with Crippen LogP contribution in [-0.2, 0) is 17.9 Å². The molecule has 33 heavy (non-hydrogen) atoms. The van der Waals surface area contributed by atoms with Crippen molar-refractivity contribution < 1.29 is 18.7 Å². The molecule has 0 saturated heterocycles. The van der Waals surface area contributed by atoms with Crippen molar-refractivity contribution in [2.45, 2.75) is 45.1 Å². The predicted molar refractivity (Wildman–Crippen MR) is 126 cm³/mol. The van der Waals surface area contributed by atoms with Crippen LogP contribution in [0.25, 0.3) is 0 Å². The number of rotatable bonds is 11. The summed E-state index contributed by atoms with van der Waals surface area (Å²) in [6.07, 6.45) is -0.366. The van der Waals surface area contributed by atoms with Gasteiger partial charge in [-0.1, -0.05) is 49.9 Å². The number of hydrogen-bond donors (Lipinski definition) is 1. The third kappa shape index (κ3) is 6.95. The maximum Gasteiger partial charge on any atom is 0.230 e. The predicted octanol–water partition coefficient (Wildman–Crippen LogP) is 4.63. The van der Waals surface area contributed by atoms with Crippen LogP contribution in [0.1, 0.15) is 38.3 Å². The second-order valence-corrected chi connectivity index (χ2v) is 8.89. The first kappa shape index (κ1) is 24.6. The summed E-state index contributed by atoms with van der Waals surface area (Å²) in [5.74, 6) is 2.06. The van der Waals surface area contributed by atoms with E-state index in [9.17, 15) is 9.18 Å². The number of amides is 1. The van der Waals surface area contributed by atoms with Crippen molar-refractivity contribution in [3.05, 3.63) is 65.7 Å². The van der Waals surface area contributed by atoms with E-state index in [1.807, 2.05) is 35.8 Å². The van der Waals surface area contributed by atoms with E-state index in [-0.39, 0.29) is 23.6 Å². The Labute approximate surface area is 197 Å². The van der Waals surface area contributed by atoms with Gasteiger partial charge < -0.3 is 19.4 Å². The van der Waals surface area contributed by atoms with E-state index < -0.39 is 0 Å². The van der Waals surface area contributed by atoms with Crippen molar-refractivity contribution in [1.29, 1.82) is 0 Å². The highest BCUT2D eigenvalue weighted by Crippen LogP contribution is 2.31. The number of methoxy groups -OCH3 is 1. The first-order valence-electron chi connectivity index (χ1n) is 10.7. The molecule has 1 N–H and O–H groups in total. The molecular weight excluding hydrogens is 443 g/mol. The fourth-order valence-corrected chi connectivity index (χ4v) is 3.97. The van der Waals surface area contributed by atoms with Crippen molar-refractivity contribution in [2.24, 2.45) is 5.92 Å². The zero-order valence-electron chi connectivity index (χ0n) is 19.2. The average Bonchev–Trinajstić information content (AvgIpc) is 3.19. The summed E-state index contributed by atoms with van der Waals surface area (Å²) in [6.45, 7) is 7.17. The summed E-state index contributed by atoms with van der Waals surface area (Å²) >= 11 is 1.32. The van der Waals surface area contributed by atoms with Crippen LogP contribution in [0.4, 0.5) is 4.39 Å². The van der Waals surface area contributed by atoms with Gasteiger partial charge in [0.25, 0.3) is 0 Å². The highest BCUT2D eigenvalue weighted by molar-refractivity contribution is 7.99. The van der Waals surface area contributed by atoms with Gasteiger partial charge in [-0.15, -0.1) is 10.2 Å². The Kier molecular flexibility index (Phi) is 8.71. The second kappa shape index (κ2) is 11.7. The van der Waals surface area contributed by atoms with E-state index in [0.717, 1.165) is 5.56 Å². The highest BCUT2D eigenvalue weighted by Gasteiger charge is 2.22. The molecule has 1 heterocycles. The number of aromatic nitrogens is 3. The SMILES string of the molecule is COc1ccccc1OC(C)c1nnc(SCC(=O)NCc2ccc(F)cc2)n1CC(C)C. The van der Waals surface area contributed by atoms with Gasteiger partial charge in [0.15, 0.2) is 28.6 Å². The monoisotopic (exact) mass is 472 g/mol. The molecule has 0 aliphatic rings.